The third-order valence-electron chi connectivity index (χ3n) is 2.28. The lowest BCUT2D eigenvalue weighted by Gasteiger charge is -2.13. The molecule has 0 saturated carbocycles. The number of hydrogen-bond donors (Lipinski definition) is 1. The first kappa shape index (κ1) is 12.7. The molecule has 1 rings (SSSR count). The fraction of sp³-hybridized carbons (Fsp3) is 0.636. The first-order valence-electron chi connectivity index (χ1n) is 5.50. The summed E-state index contributed by atoms with van der Waals surface area (Å²) in [5.74, 6) is 0.826. The van der Waals surface area contributed by atoms with Crippen molar-refractivity contribution in [3.63, 3.8) is 0 Å². The molecule has 0 aliphatic rings. The minimum absolute atomic E-state index is 0.0934. The number of nitrogens with one attached hydrogen (secondary N) is 1. The monoisotopic (exact) mass is 225 g/mol. The van der Waals surface area contributed by atoms with Crippen molar-refractivity contribution in [2.45, 2.75) is 20.4 Å². The highest BCUT2D eigenvalue weighted by molar-refractivity contribution is 5.05. The molecule has 5 heteroatoms. The van der Waals surface area contributed by atoms with E-state index in [9.17, 15) is 4.79 Å². The summed E-state index contributed by atoms with van der Waals surface area (Å²) >= 11 is 0. The van der Waals surface area contributed by atoms with Crippen molar-refractivity contribution < 1.29 is 4.74 Å². The fourth-order valence-corrected chi connectivity index (χ4v) is 1.42. The van der Waals surface area contributed by atoms with Gasteiger partial charge in [-0.15, -0.1) is 5.10 Å². The average molecular weight is 225 g/mol. The van der Waals surface area contributed by atoms with Crippen LogP contribution in [0.1, 0.15) is 13.8 Å². The minimum Gasteiger partial charge on any atom is -0.480 e. The zero-order valence-electron chi connectivity index (χ0n) is 10.1. The van der Waals surface area contributed by atoms with Crippen molar-refractivity contribution in [2.24, 2.45) is 5.92 Å². The number of hydrogen-bond acceptors (Lipinski definition) is 4. The topological polar surface area (TPSA) is 56.1 Å². The number of ether oxygens (including phenoxy) is 1. The second-order valence-electron chi connectivity index (χ2n) is 3.81. The molecule has 0 fully saturated rings. The van der Waals surface area contributed by atoms with Gasteiger partial charge in [0.1, 0.15) is 0 Å². The van der Waals surface area contributed by atoms with E-state index in [0.29, 0.717) is 18.3 Å². The second-order valence-corrected chi connectivity index (χ2v) is 3.81. The van der Waals surface area contributed by atoms with E-state index in [1.165, 1.54) is 10.7 Å². The molecule has 16 heavy (non-hydrogen) atoms. The van der Waals surface area contributed by atoms with Gasteiger partial charge in [0.05, 0.1) is 7.11 Å². The molecule has 0 saturated heterocycles. The van der Waals surface area contributed by atoms with E-state index >= 15 is 0 Å². The van der Waals surface area contributed by atoms with Crippen LogP contribution in [0, 0.1) is 5.92 Å². The summed E-state index contributed by atoms with van der Waals surface area (Å²) in [6.07, 6.45) is 0. The van der Waals surface area contributed by atoms with Crippen LogP contribution in [-0.2, 0) is 6.54 Å². The Kier molecular flexibility index (Phi) is 4.98. The molecule has 1 N–H and O–H groups in total. The van der Waals surface area contributed by atoms with Gasteiger partial charge in [-0.05, 0) is 19.0 Å². The molecule has 1 heterocycles. The highest BCUT2D eigenvalue weighted by Gasteiger charge is 2.06. The van der Waals surface area contributed by atoms with Crippen LogP contribution in [0.15, 0.2) is 16.9 Å². The molecule has 1 aromatic heterocycles. The molecule has 1 unspecified atom stereocenters. The van der Waals surface area contributed by atoms with E-state index in [2.05, 4.69) is 24.3 Å². The van der Waals surface area contributed by atoms with Crippen LogP contribution in [0.2, 0.25) is 0 Å². The Morgan fingerprint density at radius 2 is 2.31 bits per heavy atom. The Balaban J connectivity index is 2.68. The van der Waals surface area contributed by atoms with E-state index < -0.39 is 0 Å². The van der Waals surface area contributed by atoms with Gasteiger partial charge in [0.25, 0.3) is 5.56 Å². The zero-order chi connectivity index (χ0) is 12.0. The van der Waals surface area contributed by atoms with Gasteiger partial charge in [0.2, 0.25) is 5.88 Å². The highest BCUT2D eigenvalue weighted by atomic mass is 16.5. The third-order valence-corrected chi connectivity index (χ3v) is 2.28. The normalized spacial score (nSPS) is 12.4. The molecule has 90 valence electrons. The van der Waals surface area contributed by atoms with Crippen molar-refractivity contribution in [2.75, 3.05) is 20.2 Å². The quantitative estimate of drug-likeness (QED) is 0.766. The molecule has 0 spiro atoms. The Morgan fingerprint density at radius 3 is 2.94 bits per heavy atom. The Bertz CT molecular complexity index is 376. The summed E-state index contributed by atoms with van der Waals surface area (Å²) in [4.78, 5) is 11.5. The van der Waals surface area contributed by atoms with Crippen LogP contribution >= 0.6 is 0 Å². The average Bonchev–Trinajstić information content (AvgIpc) is 2.29. The number of nitrogens with zero attached hydrogens (tertiary/aromatic N) is 2. The Hall–Kier alpha value is -1.36. The largest absolute Gasteiger partial charge is 0.480 e. The van der Waals surface area contributed by atoms with Crippen molar-refractivity contribution in [1.29, 1.82) is 0 Å². The molecule has 0 aromatic carbocycles. The minimum atomic E-state index is -0.0934. The molecule has 0 radical (unpaired) electrons. The van der Waals surface area contributed by atoms with E-state index in [1.807, 2.05) is 0 Å². The van der Waals surface area contributed by atoms with Gasteiger partial charge in [0.15, 0.2) is 0 Å². The van der Waals surface area contributed by atoms with Crippen LogP contribution in [0.3, 0.4) is 0 Å². The van der Waals surface area contributed by atoms with Crippen molar-refractivity contribution in [1.82, 2.24) is 15.1 Å². The van der Waals surface area contributed by atoms with Crippen molar-refractivity contribution >= 4 is 0 Å². The highest BCUT2D eigenvalue weighted by Crippen LogP contribution is 2.01. The molecule has 0 bridgehead atoms. The third kappa shape index (κ3) is 3.66. The maximum atomic E-state index is 11.5. The Morgan fingerprint density at radius 1 is 1.56 bits per heavy atom. The van der Waals surface area contributed by atoms with E-state index in [4.69, 9.17) is 4.74 Å². The summed E-state index contributed by atoms with van der Waals surface area (Å²) in [6.45, 7) is 6.55. The van der Waals surface area contributed by atoms with E-state index in [0.717, 1.165) is 13.1 Å². The summed E-state index contributed by atoms with van der Waals surface area (Å²) in [5, 5.41) is 7.33. The molecule has 1 aromatic rings. The van der Waals surface area contributed by atoms with Crippen LogP contribution in [0.4, 0.5) is 0 Å². The van der Waals surface area contributed by atoms with Gasteiger partial charge in [-0.25, -0.2) is 4.68 Å². The summed E-state index contributed by atoms with van der Waals surface area (Å²) < 4.78 is 6.43. The smallest absolute Gasteiger partial charge is 0.266 e. The van der Waals surface area contributed by atoms with Crippen LogP contribution < -0.4 is 15.6 Å². The summed E-state index contributed by atoms with van der Waals surface area (Å²) in [6, 6.07) is 3.06. The van der Waals surface area contributed by atoms with Crippen molar-refractivity contribution in [3.8, 4) is 5.88 Å². The predicted octanol–water partition coefficient (Wildman–Crippen LogP) is 0.497. The molecule has 0 amide bonds. The van der Waals surface area contributed by atoms with Gasteiger partial charge < -0.3 is 10.1 Å². The maximum absolute atomic E-state index is 11.5. The Labute approximate surface area is 95.4 Å². The molecule has 5 nitrogen and oxygen atoms in total. The lowest BCUT2D eigenvalue weighted by molar-refractivity contribution is 0.356. The number of methoxy groups -OCH3 is 1. The number of rotatable bonds is 6. The molecule has 1 atom stereocenters. The lowest BCUT2D eigenvalue weighted by Crippen LogP contribution is -2.30. The maximum Gasteiger partial charge on any atom is 0.266 e. The number of aromatic nitrogens is 2. The van der Waals surface area contributed by atoms with Crippen LogP contribution in [-0.4, -0.2) is 30.0 Å². The molecular weight excluding hydrogens is 206 g/mol. The molecular formula is C11H19N3O2. The van der Waals surface area contributed by atoms with Crippen LogP contribution in [0.25, 0.3) is 0 Å². The van der Waals surface area contributed by atoms with E-state index in [1.54, 1.807) is 13.2 Å². The van der Waals surface area contributed by atoms with E-state index in [-0.39, 0.29) is 5.56 Å². The molecule has 0 aliphatic carbocycles. The standard InChI is InChI=1S/C11H19N3O2/c1-4-12-7-9(2)8-14-11(15)6-5-10(13-14)16-3/h5-6,9,12H,4,7-8H2,1-3H3. The SMILES string of the molecule is CCNCC(C)Cn1nc(OC)ccc1=O. The molecule has 0 aliphatic heterocycles. The van der Waals surface area contributed by atoms with Gasteiger partial charge in [-0.2, -0.15) is 0 Å². The van der Waals surface area contributed by atoms with Gasteiger partial charge in [-0.1, -0.05) is 13.8 Å². The van der Waals surface area contributed by atoms with Gasteiger partial charge in [0, 0.05) is 18.7 Å². The fourth-order valence-electron chi connectivity index (χ4n) is 1.42. The summed E-state index contributed by atoms with van der Waals surface area (Å²) in [5.41, 5.74) is -0.0934. The van der Waals surface area contributed by atoms with Crippen LogP contribution in [0.5, 0.6) is 5.88 Å². The van der Waals surface area contributed by atoms with Gasteiger partial charge in [-0.3, -0.25) is 4.79 Å². The van der Waals surface area contributed by atoms with Crippen molar-refractivity contribution in [3.05, 3.63) is 22.5 Å². The lowest BCUT2D eigenvalue weighted by atomic mass is 10.2. The first-order chi connectivity index (χ1) is 7.67. The summed E-state index contributed by atoms with van der Waals surface area (Å²) in [7, 11) is 1.54. The second kappa shape index (κ2) is 6.27. The zero-order valence-corrected chi connectivity index (χ0v) is 10.1. The van der Waals surface area contributed by atoms with Gasteiger partial charge >= 0.3 is 0 Å². The first-order valence-corrected chi connectivity index (χ1v) is 5.50. The predicted molar refractivity (Wildman–Crippen MR) is 62.8 cm³/mol.